The SMILES string of the molecule is NCc1c(OCC(F)(F)F)ccc2ccccc12. The van der Waals surface area contributed by atoms with Crippen LogP contribution in [0.25, 0.3) is 10.8 Å². The summed E-state index contributed by atoms with van der Waals surface area (Å²) in [6, 6.07) is 10.6. The van der Waals surface area contributed by atoms with Crippen molar-refractivity contribution < 1.29 is 17.9 Å². The van der Waals surface area contributed by atoms with E-state index in [2.05, 4.69) is 0 Å². The van der Waals surface area contributed by atoms with Crippen LogP contribution in [0, 0.1) is 0 Å². The molecule has 0 unspecified atom stereocenters. The molecular weight excluding hydrogens is 243 g/mol. The molecule has 0 bridgehead atoms. The maximum absolute atomic E-state index is 12.1. The van der Waals surface area contributed by atoms with Gasteiger partial charge in [0.15, 0.2) is 6.61 Å². The van der Waals surface area contributed by atoms with E-state index in [1.807, 2.05) is 24.3 Å². The van der Waals surface area contributed by atoms with Crippen molar-refractivity contribution >= 4 is 10.8 Å². The van der Waals surface area contributed by atoms with Crippen LogP contribution < -0.4 is 10.5 Å². The lowest BCUT2D eigenvalue weighted by Gasteiger charge is -2.14. The normalized spacial score (nSPS) is 11.8. The Balaban J connectivity index is 2.39. The molecule has 0 aliphatic rings. The first kappa shape index (κ1) is 12.7. The highest BCUT2D eigenvalue weighted by atomic mass is 19.4. The van der Waals surface area contributed by atoms with Gasteiger partial charge in [0, 0.05) is 12.1 Å². The van der Waals surface area contributed by atoms with Gasteiger partial charge in [0.2, 0.25) is 0 Å². The molecule has 0 saturated heterocycles. The quantitative estimate of drug-likeness (QED) is 0.913. The molecule has 0 aliphatic carbocycles. The van der Waals surface area contributed by atoms with Gasteiger partial charge >= 0.3 is 6.18 Å². The Kier molecular flexibility index (Phi) is 3.43. The first-order chi connectivity index (χ1) is 8.51. The molecule has 2 aromatic carbocycles. The molecule has 0 atom stereocenters. The fourth-order valence-corrected chi connectivity index (χ4v) is 1.82. The van der Waals surface area contributed by atoms with Gasteiger partial charge in [-0.25, -0.2) is 0 Å². The van der Waals surface area contributed by atoms with E-state index < -0.39 is 12.8 Å². The zero-order valence-corrected chi connectivity index (χ0v) is 9.50. The van der Waals surface area contributed by atoms with Crippen molar-refractivity contribution in [2.24, 2.45) is 5.73 Å². The molecule has 0 saturated carbocycles. The van der Waals surface area contributed by atoms with Gasteiger partial charge in [0.25, 0.3) is 0 Å². The average Bonchev–Trinajstić information content (AvgIpc) is 2.34. The minimum absolute atomic E-state index is 0.133. The standard InChI is InChI=1S/C13H12F3NO/c14-13(15,16)8-18-12-6-5-9-3-1-2-4-10(9)11(12)7-17/h1-6H,7-8,17H2. The predicted molar refractivity (Wildman–Crippen MR) is 63.4 cm³/mol. The summed E-state index contributed by atoms with van der Waals surface area (Å²) in [7, 11) is 0. The lowest BCUT2D eigenvalue weighted by atomic mass is 10.0. The fraction of sp³-hybridized carbons (Fsp3) is 0.231. The molecule has 0 aliphatic heterocycles. The lowest BCUT2D eigenvalue weighted by Crippen LogP contribution is -2.20. The third-order valence-electron chi connectivity index (χ3n) is 2.59. The Morgan fingerprint density at radius 1 is 1.06 bits per heavy atom. The van der Waals surface area contributed by atoms with Crippen molar-refractivity contribution in [1.29, 1.82) is 0 Å². The highest BCUT2D eigenvalue weighted by Crippen LogP contribution is 2.29. The minimum Gasteiger partial charge on any atom is -0.484 e. The Morgan fingerprint density at radius 2 is 1.78 bits per heavy atom. The Labute approximate surface area is 102 Å². The van der Waals surface area contributed by atoms with Crippen molar-refractivity contribution in [2.75, 3.05) is 6.61 Å². The summed E-state index contributed by atoms with van der Waals surface area (Å²) in [5, 5.41) is 1.75. The number of fused-ring (bicyclic) bond motifs is 1. The van der Waals surface area contributed by atoms with Gasteiger partial charge in [-0.15, -0.1) is 0 Å². The van der Waals surface area contributed by atoms with Crippen LogP contribution in [0.4, 0.5) is 13.2 Å². The number of halogens is 3. The van der Waals surface area contributed by atoms with Crippen molar-refractivity contribution in [3.63, 3.8) is 0 Å². The zero-order chi connectivity index (χ0) is 13.2. The molecule has 2 N–H and O–H groups in total. The van der Waals surface area contributed by atoms with E-state index in [0.717, 1.165) is 10.8 Å². The van der Waals surface area contributed by atoms with Crippen LogP contribution in [-0.2, 0) is 6.54 Å². The number of hydrogen-bond acceptors (Lipinski definition) is 2. The topological polar surface area (TPSA) is 35.2 Å². The molecule has 2 rings (SSSR count). The molecule has 0 spiro atoms. The smallest absolute Gasteiger partial charge is 0.422 e. The molecule has 0 amide bonds. The first-order valence-electron chi connectivity index (χ1n) is 5.41. The summed E-state index contributed by atoms with van der Waals surface area (Å²) >= 11 is 0. The number of ether oxygens (including phenoxy) is 1. The maximum Gasteiger partial charge on any atom is 0.422 e. The maximum atomic E-state index is 12.1. The van der Waals surface area contributed by atoms with Crippen molar-refractivity contribution in [1.82, 2.24) is 0 Å². The molecule has 2 aromatic rings. The van der Waals surface area contributed by atoms with Gasteiger partial charge in [-0.1, -0.05) is 30.3 Å². The monoisotopic (exact) mass is 255 g/mol. The molecule has 0 fully saturated rings. The second-order valence-corrected chi connectivity index (χ2v) is 3.87. The highest BCUT2D eigenvalue weighted by Gasteiger charge is 2.28. The summed E-state index contributed by atoms with van der Waals surface area (Å²) < 4.78 is 41.2. The molecule has 96 valence electrons. The van der Waals surface area contributed by atoms with E-state index >= 15 is 0 Å². The van der Waals surface area contributed by atoms with Crippen LogP contribution in [-0.4, -0.2) is 12.8 Å². The van der Waals surface area contributed by atoms with E-state index in [0.29, 0.717) is 5.56 Å². The zero-order valence-electron chi connectivity index (χ0n) is 9.50. The first-order valence-corrected chi connectivity index (χ1v) is 5.41. The van der Waals surface area contributed by atoms with E-state index in [1.54, 1.807) is 6.07 Å². The average molecular weight is 255 g/mol. The molecule has 2 nitrogen and oxygen atoms in total. The van der Waals surface area contributed by atoms with Gasteiger partial charge in [-0.05, 0) is 16.8 Å². The van der Waals surface area contributed by atoms with E-state index in [1.165, 1.54) is 6.07 Å². The van der Waals surface area contributed by atoms with E-state index in [-0.39, 0.29) is 12.3 Å². The third-order valence-corrected chi connectivity index (χ3v) is 2.59. The van der Waals surface area contributed by atoms with Crippen molar-refractivity contribution in [2.45, 2.75) is 12.7 Å². The second kappa shape index (κ2) is 4.86. The van der Waals surface area contributed by atoms with Gasteiger partial charge in [0.05, 0.1) is 0 Å². The third kappa shape index (κ3) is 2.73. The molecule has 18 heavy (non-hydrogen) atoms. The predicted octanol–water partition coefficient (Wildman–Crippen LogP) is 3.24. The minimum atomic E-state index is -4.35. The number of alkyl halides is 3. The summed E-state index contributed by atoms with van der Waals surface area (Å²) in [5.41, 5.74) is 6.19. The Bertz CT molecular complexity index is 551. The summed E-state index contributed by atoms with van der Waals surface area (Å²) in [6.07, 6.45) is -4.35. The molecule has 5 heteroatoms. The van der Waals surface area contributed by atoms with E-state index in [9.17, 15) is 13.2 Å². The van der Waals surface area contributed by atoms with Crippen LogP contribution in [0.15, 0.2) is 36.4 Å². The molecule has 0 heterocycles. The van der Waals surface area contributed by atoms with Crippen molar-refractivity contribution in [3.8, 4) is 5.75 Å². The number of nitrogens with two attached hydrogens (primary N) is 1. The molecule has 0 radical (unpaired) electrons. The van der Waals surface area contributed by atoms with Gasteiger partial charge in [0.1, 0.15) is 5.75 Å². The highest BCUT2D eigenvalue weighted by molar-refractivity contribution is 5.87. The van der Waals surface area contributed by atoms with E-state index in [4.69, 9.17) is 10.5 Å². The summed E-state index contributed by atoms with van der Waals surface area (Å²) in [4.78, 5) is 0. The Morgan fingerprint density at radius 3 is 2.44 bits per heavy atom. The van der Waals surface area contributed by atoms with Gasteiger partial charge in [-0.3, -0.25) is 0 Å². The summed E-state index contributed by atoms with van der Waals surface area (Å²) in [6.45, 7) is -1.17. The second-order valence-electron chi connectivity index (χ2n) is 3.87. The fourth-order valence-electron chi connectivity index (χ4n) is 1.82. The van der Waals surface area contributed by atoms with Crippen LogP contribution in [0.3, 0.4) is 0 Å². The van der Waals surface area contributed by atoms with Crippen LogP contribution in [0.1, 0.15) is 5.56 Å². The van der Waals surface area contributed by atoms with Crippen LogP contribution in [0.2, 0.25) is 0 Å². The Hall–Kier alpha value is -1.75. The number of benzene rings is 2. The number of hydrogen-bond donors (Lipinski definition) is 1. The largest absolute Gasteiger partial charge is 0.484 e. The lowest BCUT2D eigenvalue weighted by molar-refractivity contribution is -0.153. The van der Waals surface area contributed by atoms with Crippen molar-refractivity contribution in [3.05, 3.63) is 42.0 Å². The van der Waals surface area contributed by atoms with Gasteiger partial charge in [-0.2, -0.15) is 13.2 Å². The summed E-state index contributed by atoms with van der Waals surface area (Å²) in [5.74, 6) is 0.188. The van der Waals surface area contributed by atoms with Crippen LogP contribution in [0.5, 0.6) is 5.75 Å². The molecular formula is C13H12F3NO. The van der Waals surface area contributed by atoms with Crippen LogP contribution >= 0.6 is 0 Å². The van der Waals surface area contributed by atoms with Gasteiger partial charge < -0.3 is 10.5 Å². The number of rotatable bonds is 3. The molecule has 0 aromatic heterocycles.